The van der Waals surface area contributed by atoms with Crippen molar-refractivity contribution in [2.75, 3.05) is 26.4 Å². The Kier molecular flexibility index (Phi) is 9.99. The van der Waals surface area contributed by atoms with E-state index >= 15 is 0 Å². The fraction of sp³-hybridized carbons (Fsp3) is 0.227. The second-order valence-corrected chi connectivity index (χ2v) is 6.44. The smallest absolute Gasteiger partial charge is 0.269 e. The molecule has 0 aliphatic rings. The molecule has 164 valence electrons. The summed E-state index contributed by atoms with van der Waals surface area (Å²) in [6.07, 6.45) is 1.63. The monoisotopic (exact) mass is 443 g/mol. The molecule has 2 rings (SSSR count). The number of rotatable bonds is 10. The van der Waals surface area contributed by atoms with Gasteiger partial charge in [0.15, 0.2) is 5.11 Å². The minimum atomic E-state index is -0.470. The molecule has 0 aliphatic carbocycles. The SMILES string of the molecule is C=CCOc1ccc(C(=O)NNC(=S)NC(=O)c2ccccc2OCCOCC)cc1. The normalized spacial score (nSPS) is 9.97. The predicted octanol–water partition coefficient (Wildman–Crippen LogP) is 2.62. The number of amides is 2. The summed E-state index contributed by atoms with van der Waals surface area (Å²) in [4.78, 5) is 24.7. The van der Waals surface area contributed by atoms with Gasteiger partial charge in [0.1, 0.15) is 24.7 Å². The zero-order valence-corrected chi connectivity index (χ0v) is 18.0. The molecule has 2 aromatic carbocycles. The van der Waals surface area contributed by atoms with Crippen molar-refractivity contribution < 1.29 is 23.8 Å². The van der Waals surface area contributed by atoms with Crippen molar-refractivity contribution in [3.8, 4) is 11.5 Å². The van der Waals surface area contributed by atoms with E-state index < -0.39 is 11.8 Å². The van der Waals surface area contributed by atoms with Crippen LogP contribution in [0.3, 0.4) is 0 Å². The van der Waals surface area contributed by atoms with Gasteiger partial charge in [-0.05, 0) is 55.5 Å². The predicted molar refractivity (Wildman–Crippen MR) is 121 cm³/mol. The average molecular weight is 444 g/mol. The third-order valence-electron chi connectivity index (χ3n) is 3.82. The molecule has 0 aliphatic heterocycles. The third-order valence-corrected chi connectivity index (χ3v) is 4.03. The van der Waals surface area contributed by atoms with E-state index in [0.717, 1.165) is 0 Å². The van der Waals surface area contributed by atoms with Crippen molar-refractivity contribution in [2.45, 2.75) is 6.92 Å². The van der Waals surface area contributed by atoms with Crippen LogP contribution in [0, 0.1) is 0 Å². The highest BCUT2D eigenvalue weighted by atomic mass is 32.1. The van der Waals surface area contributed by atoms with E-state index in [4.69, 9.17) is 26.4 Å². The lowest BCUT2D eigenvalue weighted by Gasteiger charge is -2.13. The van der Waals surface area contributed by atoms with Crippen LogP contribution in [-0.4, -0.2) is 43.4 Å². The van der Waals surface area contributed by atoms with Gasteiger partial charge in [-0.1, -0.05) is 24.8 Å². The van der Waals surface area contributed by atoms with Crippen molar-refractivity contribution in [1.82, 2.24) is 16.2 Å². The quantitative estimate of drug-likeness (QED) is 0.225. The van der Waals surface area contributed by atoms with E-state index in [9.17, 15) is 9.59 Å². The van der Waals surface area contributed by atoms with Crippen LogP contribution in [-0.2, 0) is 4.74 Å². The number of hydrogen-bond donors (Lipinski definition) is 3. The van der Waals surface area contributed by atoms with Gasteiger partial charge in [-0.2, -0.15) is 0 Å². The molecule has 3 N–H and O–H groups in total. The number of hydrazine groups is 1. The molecule has 2 amide bonds. The molecule has 0 fully saturated rings. The zero-order valence-electron chi connectivity index (χ0n) is 17.2. The highest BCUT2D eigenvalue weighted by molar-refractivity contribution is 7.80. The highest BCUT2D eigenvalue weighted by Crippen LogP contribution is 2.17. The summed E-state index contributed by atoms with van der Waals surface area (Å²) in [5, 5.41) is 2.44. The summed E-state index contributed by atoms with van der Waals surface area (Å²) in [5.74, 6) is 0.133. The van der Waals surface area contributed by atoms with Gasteiger partial charge in [0.2, 0.25) is 0 Å². The van der Waals surface area contributed by atoms with E-state index in [2.05, 4.69) is 22.7 Å². The molecule has 9 heteroatoms. The van der Waals surface area contributed by atoms with Gasteiger partial charge in [-0.15, -0.1) is 0 Å². The molecule has 0 saturated heterocycles. The van der Waals surface area contributed by atoms with Gasteiger partial charge in [0, 0.05) is 12.2 Å². The molecule has 0 aromatic heterocycles. The van der Waals surface area contributed by atoms with Gasteiger partial charge in [0.05, 0.1) is 12.2 Å². The minimum Gasteiger partial charge on any atom is -0.490 e. The summed E-state index contributed by atoms with van der Waals surface area (Å²) in [6.45, 7) is 7.16. The molecule has 8 nitrogen and oxygen atoms in total. The maximum Gasteiger partial charge on any atom is 0.269 e. The number of para-hydroxylation sites is 1. The van der Waals surface area contributed by atoms with Crippen LogP contribution in [0.25, 0.3) is 0 Å². The fourth-order valence-electron chi connectivity index (χ4n) is 2.38. The fourth-order valence-corrected chi connectivity index (χ4v) is 2.52. The summed E-state index contributed by atoms with van der Waals surface area (Å²) in [6, 6.07) is 13.3. The Bertz CT molecular complexity index is 902. The van der Waals surface area contributed by atoms with E-state index in [1.165, 1.54) is 0 Å². The molecule has 0 atom stereocenters. The number of hydrogen-bond acceptors (Lipinski definition) is 6. The van der Waals surface area contributed by atoms with Crippen LogP contribution >= 0.6 is 12.2 Å². The molecule has 2 aromatic rings. The first-order valence-electron chi connectivity index (χ1n) is 9.60. The molecule has 0 saturated carbocycles. The van der Waals surface area contributed by atoms with E-state index in [1.54, 1.807) is 54.6 Å². The second-order valence-electron chi connectivity index (χ2n) is 6.03. The Morgan fingerprint density at radius 2 is 1.74 bits per heavy atom. The summed E-state index contributed by atoms with van der Waals surface area (Å²) < 4.78 is 16.2. The number of ether oxygens (including phenoxy) is 3. The maximum absolute atomic E-state index is 12.5. The van der Waals surface area contributed by atoms with Crippen molar-refractivity contribution in [2.24, 2.45) is 0 Å². The minimum absolute atomic E-state index is 0.0617. The topological polar surface area (TPSA) is 97.9 Å². The Balaban J connectivity index is 1.85. The van der Waals surface area contributed by atoms with Crippen LogP contribution in [0.1, 0.15) is 27.6 Å². The lowest BCUT2D eigenvalue weighted by atomic mass is 10.2. The van der Waals surface area contributed by atoms with E-state index in [-0.39, 0.29) is 5.11 Å². The Labute approximate surface area is 186 Å². The standard InChI is InChI=1S/C22H25N3O5S/c1-3-13-29-17-11-9-16(10-12-17)20(26)24-25-22(31)23-21(27)18-7-5-6-8-19(18)30-15-14-28-4-2/h3,5-12H,1,4,13-15H2,2H3,(H,24,26)(H2,23,25,27,31). The zero-order chi connectivity index (χ0) is 22.5. The second kappa shape index (κ2) is 13.0. The lowest BCUT2D eigenvalue weighted by molar-refractivity contribution is 0.0930. The average Bonchev–Trinajstić information content (AvgIpc) is 2.79. The van der Waals surface area contributed by atoms with Crippen LogP contribution in [0.5, 0.6) is 11.5 Å². The van der Waals surface area contributed by atoms with Crippen molar-refractivity contribution >= 4 is 29.1 Å². The largest absolute Gasteiger partial charge is 0.490 e. The van der Waals surface area contributed by atoms with Gasteiger partial charge in [0.25, 0.3) is 11.8 Å². The third kappa shape index (κ3) is 8.07. The Morgan fingerprint density at radius 1 is 1.00 bits per heavy atom. The van der Waals surface area contributed by atoms with Crippen LogP contribution in [0.2, 0.25) is 0 Å². The van der Waals surface area contributed by atoms with Gasteiger partial charge >= 0.3 is 0 Å². The van der Waals surface area contributed by atoms with Crippen LogP contribution in [0.4, 0.5) is 0 Å². The van der Waals surface area contributed by atoms with E-state index in [0.29, 0.717) is 49.1 Å². The molecule has 0 bridgehead atoms. The Hall–Kier alpha value is -3.43. The van der Waals surface area contributed by atoms with E-state index in [1.807, 2.05) is 6.92 Å². The molecular weight excluding hydrogens is 418 g/mol. The summed E-state index contributed by atoms with van der Waals surface area (Å²) >= 11 is 5.08. The number of thiocarbonyl (C=S) groups is 1. The van der Waals surface area contributed by atoms with Gasteiger partial charge in [-0.25, -0.2) is 0 Å². The van der Waals surface area contributed by atoms with Crippen LogP contribution < -0.4 is 25.6 Å². The number of carbonyl (C=O) groups is 2. The lowest BCUT2D eigenvalue weighted by Crippen LogP contribution is -2.48. The maximum atomic E-state index is 12.5. The van der Waals surface area contributed by atoms with Crippen molar-refractivity contribution in [3.05, 3.63) is 72.3 Å². The van der Waals surface area contributed by atoms with Gasteiger partial charge in [-0.3, -0.25) is 25.8 Å². The highest BCUT2D eigenvalue weighted by Gasteiger charge is 2.14. The molecule has 31 heavy (non-hydrogen) atoms. The molecule has 0 radical (unpaired) electrons. The molecule has 0 heterocycles. The van der Waals surface area contributed by atoms with Crippen LogP contribution in [0.15, 0.2) is 61.2 Å². The number of benzene rings is 2. The van der Waals surface area contributed by atoms with Gasteiger partial charge < -0.3 is 14.2 Å². The number of nitrogens with one attached hydrogen (secondary N) is 3. The Morgan fingerprint density at radius 3 is 2.45 bits per heavy atom. The first-order valence-corrected chi connectivity index (χ1v) is 10.0. The molecule has 0 unspecified atom stereocenters. The summed E-state index contributed by atoms with van der Waals surface area (Å²) in [7, 11) is 0. The molecule has 0 spiro atoms. The first-order chi connectivity index (χ1) is 15.0. The van der Waals surface area contributed by atoms with Crippen molar-refractivity contribution in [1.29, 1.82) is 0 Å². The van der Waals surface area contributed by atoms with Crippen molar-refractivity contribution in [3.63, 3.8) is 0 Å². The summed E-state index contributed by atoms with van der Waals surface area (Å²) in [5.41, 5.74) is 5.64. The first kappa shape index (κ1) is 23.8. The number of carbonyl (C=O) groups excluding carboxylic acids is 2. The molecular formula is C22H25N3O5S.